The molecule has 1 aliphatic rings. The molecule has 0 radical (unpaired) electrons. The molecule has 34 heavy (non-hydrogen) atoms. The molecule has 1 amide bonds. The third-order valence-corrected chi connectivity index (χ3v) is 5.99. The Morgan fingerprint density at radius 1 is 1.03 bits per heavy atom. The third-order valence-electron chi connectivity index (χ3n) is 5.99. The molecule has 1 fully saturated rings. The Hall–Kier alpha value is -4.19. The highest BCUT2D eigenvalue weighted by Crippen LogP contribution is 2.40. The Kier molecular flexibility index (Phi) is 5.95. The van der Waals surface area contributed by atoms with Gasteiger partial charge in [0.2, 0.25) is 0 Å². The SMILES string of the molecule is CC(Oc1cc(-c2cccnc2)cnc1N)c1cccc(NC(=O)c2cccc(C3CC3)c2)c1. The highest BCUT2D eigenvalue weighted by Gasteiger charge is 2.24. The molecular weight excluding hydrogens is 424 g/mol. The number of nitrogens with zero attached hydrogens (tertiary/aromatic N) is 2. The minimum Gasteiger partial charge on any atom is -0.482 e. The van der Waals surface area contributed by atoms with Gasteiger partial charge in [-0.25, -0.2) is 4.98 Å². The topological polar surface area (TPSA) is 90.1 Å². The van der Waals surface area contributed by atoms with Crippen molar-refractivity contribution in [2.24, 2.45) is 0 Å². The molecule has 1 unspecified atom stereocenters. The van der Waals surface area contributed by atoms with Gasteiger partial charge in [-0.2, -0.15) is 0 Å². The lowest BCUT2D eigenvalue weighted by Crippen LogP contribution is -2.13. The average molecular weight is 451 g/mol. The zero-order chi connectivity index (χ0) is 23.5. The van der Waals surface area contributed by atoms with Gasteiger partial charge in [-0.15, -0.1) is 0 Å². The minimum absolute atomic E-state index is 0.120. The number of carbonyl (C=O) groups excluding carboxylic acids is 1. The molecule has 3 N–H and O–H groups in total. The highest BCUT2D eigenvalue weighted by molar-refractivity contribution is 6.04. The number of anilines is 2. The van der Waals surface area contributed by atoms with E-state index in [2.05, 4.69) is 21.4 Å². The summed E-state index contributed by atoms with van der Waals surface area (Å²) in [6.07, 6.45) is 7.31. The van der Waals surface area contributed by atoms with Gasteiger partial charge in [0.05, 0.1) is 0 Å². The third kappa shape index (κ3) is 4.91. The van der Waals surface area contributed by atoms with Gasteiger partial charge in [0.1, 0.15) is 6.10 Å². The maximum absolute atomic E-state index is 12.8. The molecule has 170 valence electrons. The molecule has 1 atom stereocenters. The van der Waals surface area contributed by atoms with Crippen molar-refractivity contribution in [3.05, 3.63) is 102 Å². The van der Waals surface area contributed by atoms with Gasteiger partial charge in [0, 0.05) is 41.0 Å². The Morgan fingerprint density at radius 2 is 1.88 bits per heavy atom. The first-order valence-corrected chi connectivity index (χ1v) is 11.4. The first kappa shape index (κ1) is 21.6. The van der Waals surface area contributed by atoms with Crippen LogP contribution >= 0.6 is 0 Å². The summed E-state index contributed by atoms with van der Waals surface area (Å²) in [4.78, 5) is 21.3. The summed E-state index contributed by atoms with van der Waals surface area (Å²) in [7, 11) is 0. The van der Waals surface area contributed by atoms with Gasteiger partial charge in [-0.3, -0.25) is 9.78 Å². The Labute approximate surface area is 198 Å². The van der Waals surface area contributed by atoms with Gasteiger partial charge < -0.3 is 15.8 Å². The van der Waals surface area contributed by atoms with Crippen molar-refractivity contribution in [1.29, 1.82) is 0 Å². The molecule has 2 aromatic heterocycles. The highest BCUT2D eigenvalue weighted by atomic mass is 16.5. The fourth-order valence-corrected chi connectivity index (χ4v) is 3.92. The van der Waals surface area contributed by atoms with E-state index in [1.54, 1.807) is 18.6 Å². The van der Waals surface area contributed by atoms with Crippen LogP contribution in [0.1, 0.15) is 53.3 Å². The predicted molar refractivity (Wildman–Crippen MR) is 134 cm³/mol. The first-order chi connectivity index (χ1) is 16.6. The largest absolute Gasteiger partial charge is 0.482 e. The molecule has 6 nitrogen and oxygen atoms in total. The van der Waals surface area contributed by atoms with E-state index in [1.165, 1.54) is 18.4 Å². The molecule has 0 saturated heterocycles. The molecule has 6 heteroatoms. The zero-order valence-corrected chi connectivity index (χ0v) is 18.9. The number of aromatic nitrogens is 2. The van der Waals surface area contributed by atoms with E-state index in [1.807, 2.05) is 67.6 Å². The number of benzene rings is 2. The van der Waals surface area contributed by atoms with Gasteiger partial charge in [0.25, 0.3) is 5.91 Å². The van der Waals surface area contributed by atoms with Gasteiger partial charge >= 0.3 is 0 Å². The number of carbonyl (C=O) groups is 1. The average Bonchev–Trinajstić information content (AvgIpc) is 3.72. The molecule has 0 aliphatic heterocycles. The summed E-state index contributed by atoms with van der Waals surface area (Å²) < 4.78 is 6.17. The van der Waals surface area contributed by atoms with E-state index in [0.717, 1.165) is 16.7 Å². The van der Waals surface area contributed by atoms with Crippen LogP contribution in [-0.2, 0) is 0 Å². The molecule has 0 spiro atoms. The predicted octanol–water partition coefficient (Wildman–Crippen LogP) is 6.00. The number of rotatable bonds is 7. The van der Waals surface area contributed by atoms with Crippen LogP contribution in [0.2, 0.25) is 0 Å². The fourth-order valence-electron chi connectivity index (χ4n) is 3.92. The van der Waals surface area contributed by atoms with E-state index in [-0.39, 0.29) is 12.0 Å². The zero-order valence-electron chi connectivity index (χ0n) is 18.9. The van der Waals surface area contributed by atoms with Crippen LogP contribution in [0.3, 0.4) is 0 Å². The lowest BCUT2D eigenvalue weighted by atomic mass is 10.1. The van der Waals surface area contributed by atoms with Crippen LogP contribution in [0.5, 0.6) is 5.75 Å². The van der Waals surface area contributed by atoms with Gasteiger partial charge in [-0.1, -0.05) is 30.3 Å². The van der Waals surface area contributed by atoms with E-state index in [0.29, 0.717) is 28.7 Å². The van der Waals surface area contributed by atoms with E-state index >= 15 is 0 Å². The number of hydrogen-bond donors (Lipinski definition) is 2. The smallest absolute Gasteiger partial charge is 0.255 e. The normalized spacial score (nSPS) is 13.8. The molecule has 2 heterocycles. The summed E-state index contributed by atoms with van der Waals surface area (Å²) in [6, 6.07) is 21.2. The minimum atomic E-state index is -0.303. The quantitative estimate of drug-likeness (QED) is 0.361. The van der Waals surface area contributed by atoms with Crippen LogP contribution in [0, 0.1) is 0 Å². The lowest BCUT2D eigenvalue weighted by Gasteiger charge is -2.18. The number of nitrogens with one attached hydrogen (secondary N) is 1. The standard InChI is InChI=1S/C28H26N4O2/c1-18(34-26-15-24(17-31-27(26)29)23-8-4-12-30-16-23)20-5-3-9-25(14-20)32-28(33)22-7-2-6-21(13-22)19-10-11-19/h2-9,12-19H,10-11H2,1H3,(H2,29,31)(H,32,33). The summed E-state index contributed by atoms with van der Waals surface area (Å²) in [5.41, 5.74) is 11.4. The summed E-state index contributed by atoms with van der Waals surface area (Å²) >= 11 is 0. The Bertz CT molecular complexity index is 1320. The summed E-state index contributed by atoms with van der Waals surface area (Å²) in [6.45, 7) is 1.94. The molecule has 0 bridgehead atoms. The number of hydrogen-bond acceptors (Lipinski definition) is 5. The fraction of sp³-hybridized carbons (Fsp3) is 0.179. The van der Waals surface area contributed by atoms with Crippen molar-refractivity contribution in [2.45, 2.75) is 31.8 Å². The van der Waals surface area contributed by atoms with Gasteiger partial charge in [0.15, 0.2) is 11.6 Å². The molecular formula is C28H26N4O2. The second-order valence-corrected chi connectivity index (χ2v) is 8.59. The second kappa shape index (κ2) is 9.35. The molecule has 1 saturated carbocycles. The van der Waals surface area contributed by atoms with Crippen molar-refractivity contribution >= 4 is 17.4 Å². The van der Waals surface area contributed by atoms with Crippen LogP contribution in [0.15, 0.2) is 85.3 Å². The van der Waals surface area contributed by atoms with Crippen LogP contribution in [0.4, 0.5) is 11.5 Å². The van der Waals surface area contributed by atoms with Crippen LogP contribution < -0.4 is 15.8 Å². The van der Waals surface area contributed by atoms with E-state index in [9.17, 15) is 4.79 Å². The first-order valence-electron chi connectivity index (χ1n) is 11.4. The lowest BCUT2D eigenvalue weighted by molar-refractivity contribution is 0.102. The second-order valence-electron chi connectivity index (χ2n) is 8.59. The van der Waals surface area contributed by atoms with Crippen molar-refractivity contribution in [1.82, 2.24) is 9.97 Å². The Morgan fingerprint density at radius 3 is 2.68 bits per heavy atom. The van der Waals surface area contributed by atoms with E-state index < -0.39 is 0 Å². The maximum Gasteiger partial charge on any atom is 0.255 e. The molecule has 5 rings (SSSR count). The molecule has 2 aromatic carbocycles. The Balaban J connectivity index is 1.30. The van der Waals surface area contributed by atoms with E-state index in [4.69, 9.17) is 10.5 Å². The molecule has 1 aliphatic carbocycles. The number of ether oxygens (including phenoxy) is 1. The van der Waals surface area contributed by atoms with Crippen molar-refractivity contribution in [3.8, 4) is 16.9 Å². The number of nitrogen functional groups attached to an aromatic ring is 1. The monoisotopic (exact) mass is 450 g/mol. The number of nitrogens with two attached hydrogens (primary N) is 1. The number of amides is 1. The van der Waals surface area contributed by atoms with Crippen molar-refractivity contribution in [3.63, 3.8) is 0 Å². The number of pyridine rings is 2. The maximum atomic E-state index is 12.8. The summed E-state index contributed by atoms with van der Waals surface area (Å²) in [5, 5.41) is 3.01. The van der Waals surface area contributed by atoms with Crippen LogP contribution in [0.25, 0.3) is 11.1 Å². The van der Waals surface area contributed by atoms with Crippen LogP contribution in [-0.4, -0.2) is 15.9 Å². The van der Waals surface area contributed by atoms with Crippen molar-refractivity contribution < 1.29 is 9.53 Å². The van der Waals surface area contributed by atoms with Crippen molar-refractivity contribution in [2.75, 3.05) is 11.1 Å². The van der Waals surface area contributed by atoms with Gasteiger partial charge in [-0.05, 0) is 73.2 Å². The summed E-state index contributed by atoms with van der Waals surface area (Å²) in [5.74, 6) is 1.30. The molecule has 4 aromatic rings.